The highest BCUT2D eigenvalue weighted by Crippen LogP contribution is 2.40. The molecule has 1 saturated carbocycles. The third-order valence-corrected chi connectivity index (χ3v) is 5.45. The van der Waals surface area contributed by atoms with Gasteiger partial charge in [-0.1, -0.05) is 36.4 Å². The van der Waals surface area contributed by atoms with Crippen LogP contribution in [0.2, 0.25) is 0 Å². The summed E-state index contributed by atoms with van der Waals surface area (Å²) in [6.07, 6.45) is 5.15. The van der Waals surface area contributed by atoms with Crippen LogP contribution in [0.1, 0.15) is 41.9 Å². The van der Waals surface area contributed by atoms with Gasteiger partial charge in [0, 0.05) is 12.6 Å². The fourth-order valence-electron chi connectivity index (χ4n) is 3.66. The molecule has 4 rings (SSSR count). The molecule has 1 unspecified atom stereocenters. The van der Waals surface area contributed by atoms with Crippen molar-refractivity contribution in [2.75, 3.05) is 13.7 Å². The van der Waals surface area contributed by atoms with Gasteiger partial charge in [-0.25, -0.2) is 0 Å². The van der Waals surface area contributed by atoms with Crippen LogP contribution in [0.25, 0.3) is 0 Å². The minimum atomic E-state index is 0.262. The summed E-state index contributed by atoms with van der Waals surface area (Å²) in [4.78, 5) is 14.7. The zero-order chi connectivity index (χ0) is 17.2. The molecule has 2 aromatic rings. The molecule has 3 nitrogen and oxygen atoms in total. The number of carbonyl (C=O) groups excluding carboxylic acids is 1. The Kier molecular flexibility index (Phi) is 4.48. The van der Waals surface area contributed by atoms with Crippen LogP contribution in [-0.2, 0) is 17.6 Å². The Morgan fingerprint density at radius 2 is 1.88 bits per heavy atom. The maximum Gasteiger partial charge on any atom is 0.227 e. The van der Waals surface area contributed by atoms with Crippen LogP contribution in [0.5, 0.6) is 5.75 Å². The van der Waals surface area contributed by atoms with Crippen molar-refractivity contribution in [1.29, 1.82) is 0 Å². The molecule has 0 bridgehead atoms. The van der Waals surface area contributed by atoms with Gasteiger partial charge in [-0.15, -0.1) is 0 Å². The first-order valence-corrected chi connectivity index (χ1v) is 9.24. The minimum absolute atomic E-state index is 0.262. The molecule has 1 saturated heterocycles. The Balaban J connectivity index is 1.36. The van der Waals surface area contributed by atoms with Gasteiger partial charge in [0.25, 0.3) is 0 Å². The molecular formula is C22H25NO2. The molecule has 0 N–H and O–H groups in total. The summed E-state index contributed by atoms with van der Waals surface area (Å²) in [6, 6.07) is 17.1. The average Bonchev–Trinajstić information content (AvgIpc) is 3.44. The van der Waals surface area contributed by atoms with E-state index >= 15 is 0 Å². The van der Waals surface area contributed by atoms with Gasteiger partial charge < -0.3 is 9.64 Å². The predicted molar refractivity (Wildman–Crippen MR) is 98.9 cm³/mol. The number of rotatable bonds is 6. The lowest BCUT2D eigenvalue weighted by molar-refractivity contribution is -0.138. The lowest BCUT2D eigenvalue weighted by atomic mass is 9.94. The maximum absolute atomic E-state index is 12.7. The van der Waals surface area contributed by atoms with Crippen LogP contribution in [0, 0.1) is 0 Å². The lowest BCUT2D eigenvalue weighted by Crippen LogP contribution is -2.52. The van der Waals surface area contributed by atoms with E-state index < -0.39 is 0 Å². The summed E-state index contributed by atoms with van der Waals surface area (Å²) in [5.41, 5.74) is 3.83. The second-order valence-corrected chi connectivity index (χ2v) is 7.28. The Bertz CT molecular complexity index is 749. The Hall–Kier alpha value is -2.29. The summed E-state index contributed by atoms with van der Waals surface area (Å²) >= 11 is 0. The van der Waals surface area contributed by atoms with E-state index in [0.29, 0.717) is 12.5 Å². The SMILES string of the molecule is COc1ccc(CC2CCN2C(=O)Cc2cccc(C3CC3)c2)cc1. The Morgan fingerprint density at radius 3 is 2.52 bits per heavy atom. The first kappa shape index (κ1) is 16.2. The van der Waals surface area contributed by atoms with E-state index in [1.54, 1.807) is 7.11 Å². The maximum atomic E-state index is 12.7. The summed E-state index contributed by atoms with van der Waals surface area (Å²) < 4.78 is 5.21. The Labute approximate surface area is 149 Å². The highest BCUT2D eigenvalue weighted by molar-refractivity contribution is 5.80. The molecule has 3 heteroatoms. The van der Waals surface area contributed by atoms with Gasteiger partial charge in [0.15, 0.2) is 0 Å². The van der Waals surface area contributed by atoms with Crippen molar-refractivity contribution in [3.05, 3.63) is 65.2 Å². The summed E-state index contributed by atoms with van der Waals surface area (Å²) in [6.45, 7) is 0.891. The third-order valence-electron chi connectivity index (χ3n) is 5.45. The van der Waals surface area contributed by atoms with Crippen molar-refractivity contribution >= 4 is 5.91 Å². The molecule has 1 amide bonds. The molecule has 2 fully saturated rings. The van der Waals surface area contributed by atoms with E-state index in [-0.39, 0.29) is 5.91 Å². The number of likely N-dealkylation sites (tertiary alicyclic amines) is 1. The molecule has 1 atom stereocenters. The zero-order valence-corrected chi connectivity index (χ0v) is 14.8. The third kappa shape index (κ3) is 3.71. The summed E-state index contributed by atoms with van der Waals surface area (Å²) in [5, 5.41) is 0. The Morgan fingerprint density at radius 1 is 1.08 bits per heavy atom. The van der Waals surface area contributed by atoms with Crippen LogP contribution >= 0.6 is 0 Å². The average molecular weight is 335 g/mol. The summed E-state index contributed by atoms with van der Waals surface area (Å²) in [7, 11) is 1.68. The number of hydrogen-bond acceptors (Lipinski definition) is 2. The van der Waals surface area contributed by atoms with E-state index in [4.69, 9.17) is 4.74 Å². The lowest BCUT2D eigenvalue weighted by Gasteiger charge is -2.41. The molecule has 130 valence electrons. The van der Waals surface area contributed by atoms with Crippen LogP contribution in [0.15, 0.2) is 48.5 Å². The molecule has 2 aromatic carbocycles. The molecule has 1 aliphatic heterocycles. The smallest absolute Gasteiger partial charge is 0.227 e. The van der Waals surface area contributed by atoms with Crippen molar-refractivity contribution in [3.8, 4) is 5.75 Å². The second-order valence-electron chi connectivity index (χ2n) is 7.28. The number of nitrogens with zero attached hydrogens (tertiary/aromatic N) is 1. The van der Waals surface area contributed by atoms with Gasteiger partial charge in [0.05, 0.1) is 13.5 Å². The largest absolute Gasteiger partial charge is 0.497 e. The molecule has 1 heterocycles. The van der Waals surface area contributed by atoms with Crippen molar-refractivity contribution in [1.82, 2.24) is 4.90 Å². The van der Waals surface area contributed by atoms with Gasteiger partial charge in [-0.2, -0.15) is 0 Å². The van der Waals surface area contributed by atoms with Gasteiger partial charge in [-0.05, 0) is 60.4 Å². The highest BCUT2D eigenvalue weighted by Gasteiger charge is 2.32. The number of amides is 1. The molecular weight excluding hydrogens is 310 g/mol. The van der Waals surface area contributed by atoms with Gasteiger partial charge in [0.2, 0.25) is 5.91 Å². The van der Waals surface area contributed by atoms with Gasteiger partial charge >= 0.3 is 0 Å². The van der Waals surface area contributed by atoms with E-state index in [0.717, 1.165) is 36.6 Å². The second kappa shape index (κ2) is 6.91. The fraction of sp³-hybridized carbons (Fsp3) is 0.409. The normalized spacial score (nSPS) is 19.4. The van der Waals surface area contributed by atoms with Crippen LogP contribution in [-0.4, -0.2) is 30.5 Å². The number of carbonyl (C=O) groups is 1. The number of ether oxygens (including phenoxy) is 1. The van der Waals surface area contributed by atoms with Crippen molar-refractivity contribution in [2.45, 2.75) is 44.1 Å². The first-order chi connectivity index (χ1) is 12.2. The molecule has 0 spiro atoms. The highest BCUT2D eigenvalue weighted by atomic mass is 16.5. The van der Waals surface area contributed by atoms with Crippen LogP contribution in [0.4, 0.5) is 0 Å². The van der Waals surface area contributed by atoms with E-state index in [1.165, 1.54) is 24.0 Å². The molecule has 1 aliphatic carbocycles. The van der Waals surface area contributed by atoms with Crippen molar-refractivity contribution < 1.29 is 9.53 Å². The molecule has 0 aromatic heterocycles. The van der Waals surface area contributed by atoms with Crippen LogP contribution < -0.4 is 4.74 Å². The van der Waals surface area contributed by atoms with E-state index in [1.807, 2.05) is 17.0 Å². The standard InChI is InChI=1S/C22H25NO2/c1-25-21-9-5-16(6-10-21)14-20-11-12-23(20)22(24)15-17-3-2-4-19(13-17)18-7-8-18/h2-6,9-10,13,18,20H,7-8,11-12,14-15H2,1H3. The van der Waals surface area contributed by atoms with Gasteiger partial charge in [-0.3, -0.25) is 4.79 Å². The van der Waals surface area contributed by atoms with E-state index in [2.05, 4.69) is 36.4 Å². The number of hydrogen-bond donors (Lipinski definition) is 0. The topological polar surface area (TPSA) is 29.5 Å². The van der Waals surface area contributed by atoms with Crippen molar-refractivity contribution in [2.24, 2.45) is 0 Å². The van der Waals surface area contributed by atoms with Crippen molar-refractivity contribution in [3.63, 3.8) is 0 Å². The zero-order valence-electron chi connectivity index (χ0n) is 14.8. The molecule has 25 heavy (non-hydrogen) atoms. The van der Waals surface area contributed by atoms with E-state index in [9.17, 15) is 4.79 Å². The first-order valence-electron chi connectivity index (χ1n) is 9.24. The van der Waals surface area contributed by atoms with Crippen LogP contribution in [0.3, 0.4) is 0 Å². The quantitative estimate of drug-likeness (QED) is 0.800. The minimum Gasteiger partial charge on any atom is -0.497 e. The number of methoxy groups -OCH3 is 1. The summed E-state index contributed by atoms with van der Waals surface area (Å²) in [5.74, 6) is 1.88. The predicted octanol–water partition coefficient (Wildman–Crippen LogP) is 3.96. The molecule has 2 aliphatic rings. The van der Waals surface area contributed by atoms with Gasteiger partial charge in [0.1, 0.15) is 5.75 Å². The number of benzene rings is 2. The fourth-order valence-corrected chi connectivity index (χ4v) is 3.66. The molecule has 0 radical (unpaired) electrons. The monoisotopic (exact) mass is 335 g/mol.